The lowest BCUT2D eigenvalue weighted by atomic mass is 10.4. The molecule has 1 atom stereocenters. The van der Waals surface area contributed by atoms with Crippen LogP contribution in [-0.2, 0) is 4.79 Å². The number of aromatic nitrogens is 1. The van der Waals surface area contributed by atoms with Crippen LogP contribution < -0.4 is 4.74 Å². The molecule has 0 unspecified atom stereocenters. The molecule has 1 aromatic heterocycles. The Kier molecular flexibility index (Phi) is 3.08. The molecule has 0 aliphatic rings. The minimum absolute atomic E-state index is 0.343. The van der Waals surface area contributed by atoms with E-state index < -0.39 is 12.1 Å². The van der Waals surface area contributed by atoms with Crippen LogP contribution in [0.3, 0.4) is 0 Å². The molecule has 1 rings (SSSR count). The third-order valence-corrected chi connectivity index (χ3v) is 1.58. The number of hydrogen-bond donors (Lipinski definition) is 1. The van der Waals surface area contributed by atoms with Crippen molar-refractivity contribution in [2.45, 2.75) is 13.0 Å². The van der Waals surface area contributed by atoms with Gasteiger partial charge in [0, 0.05) is 0 Å². The summed E-state index contributed by atoms with van der Waals surface area (Å²) >= 11 is 5.53. The minimum Gasteiger partial charge on any atom is -0.479 e. The molecule has 1 heterocycles. The fourth-order valence-corrected chi connectivity index (χ4v) is 0.798. The predicted molar refractivity (Wildman–Crippen MR) is 47.0 cm³/mol. The highest BCUT2D eigenvalue weighted by atomic mass is 35.5. The average Bonchev–Trinajstić information content (AvgIpc) is 2.08. The van der Waals surface area contributed by atoms with Gasteiger partial charge in [0.05, 0.1) is 6.20 Å². The Hall–Kier alpha value is -1.29. The predicted octanol–water partition coefficient (Wildman–Crippen LogP) is 1.59. The molecule has 0 spiro atoms. The van der Waals surface area contributed by atoms with E-state index >= 15 is 0 Å². The maximum Gasteiger partial charge on any atom is 0.344 e. The van der Waals surface area contributed by atoms with E-state index in [0.29, 0.717) is 10.9 Å². The number of carbonyl (C=O) groups is 1. The van der Waals surface area contributed by atoms with Crippen LogP contribution in [0.4, 0.5) is 0 Å². The highest BCUT2D eigenvalue weighted by molar-refractivity contribution is 6.29. The fraction of sp³-hybridized carbons (Fsp3) is 0.250. The molecule has 0 aliphatic carbocycles. The quantitative estimate of drug-likeness (QED) is 0.755. The highest BCUT2D eigenvalue weighted by Gasteiger charge is 2.11. The van der Waals surface area contributed by atoms with Crippen molar-refractivity contribution in [2.24, 2.45) is 0 Å². The van der Waals surface area contributed by atoms with E-state index in [2.05, 4.69) is 4.98 Å². The smallest absolute Gasteiger partial charge is 0.344 e. The minimum atomic E-state index is -1.02. The van der Waals surface area contributed by atoms with E-state index in [-0.39, 0.29) is 0 Å². The molecular weight excluding hydrogens is 194 g/mol. The van der Waals surface area contributed by atoms with Crippen LogP contribution in [0.25, 0.3) is 0 Å². The Balaban J connectivity index is 2.64. The molecule has 0 saturated heterocycles. The van der Waals surface area contributed by atoms with Gasteiger partial charge in [-0.15, -0.1) is 0 Å². The number of ether oxygens (including phenoxy) is 1. The van der Waals surface area contributed by atoms with Gasteiger partial charge >= 0.3 is 5.97 Å². The molecule has 0 bridgehead atoms. The van der Waals surface area contributed by atoms with Crippen LogP contribution >= 0.6 is 11.6 Å². The van der Waals surface area contributed by atoms with Gasteiger partial charge in [-0.05, 0) is 19.1 Å². The lowest BCUT2D eigenvalue weighted by molar-refractivity contribution is -0.144. The van der Waals surface area contributed by atoms with Gasteiger partial charge in [0.25, 0.3) is 0 Å². The van der Waals surface area contributed by atoms with Crippen molar-refractivity contribution < 1.29 is 14.6 Å². The Morgan fingerprint density at radius 3 is 2.85 bits per heavy atom. The zero-order chi connectivity index (χ0) is 9.84. The van der Waals surface area contributed by atoms with Crippen molar-refractivity contribution >= 4 is 17.6 Å². The van der Waals surface area contributed by atoms with Crippen LogP contribution in [0.2, 0.25) is 5.15 Å². The topological polar surface area (TPSA) is 59.4 Å². The van der Waals surface area contributed by atoms with Crippen LogP contribution in [0.1, 0.15) is 6.92 Å². The van der Waals surface area contributed by atoms with Crippen molar-refractivity contribution in [2.75, 3.05) is 0 Å². The van der Waals surface area contributed by atoms with E-state index in [9.17, 15) is 4.79 Å². The van der Waals surface area contributed by atoms with Crippen LogP contribution in [0.15, 0.2) is 18.3 Å². The summed E-state index contributed by atoms with van der Waals surface area (Å²) in [6.07, 6.45) is 0.491. The first-order chi connectivity index (χ1) is 6.09. The molecule has 13 heavy (non-hydrogen) atoms. The maximum atomic E-state index is 10.4. The molecule has 0 radical (unpaired) electrons. The Morgan fingerprint density at radius 1 is 1.69 bits per heavy atom. The third-order valence-electron chi connectivity index (χ3n) is 1.36. The first-order valence-electron chi connectivity index (χ1n) is 3.60. The van der Waals surface area contributed by atoms with E-state index in [1.807, 2.05) is 0 Å². The van der Waals surface area contributed by atoms with Crippen LogP contribution in [0.5, 0.6) is 5.75 Å². The highest BCUT2D eigenvalue weighted by Crippen LogP contribution is 2.13. The second kappa shape index (κ2) is 4.09. The molecule has 1 aromatic rings. The Morgan fingerprint density at radius 2 is 2.38 bits per heavy atom. The van der Waals surface area contributed by atoms with Gasteiger partial charge in [0.15, 0.2) is 6.10 Å². The molecule has 1 N–H and O–H groups in total. The summed E-state index contributed by atoms with van der Waals surface area (Å²) < 4.78 is 5.01. The van der Waals surface area contributed by atoms with Crippen LogP contribution in [0, 0.1) is 0 Å². The number of aliphatic carboxylic acids is 1. The van der Waals surface area contributed by atoms with E-state index in [1.54, 1.807) is 6.07 Å². The molecule has 0 fully saturated rings. The summed E-state index contributed by atoms with van der Waals surface area (Å²) in [7, 11) is 0. The number of halogens is 1. The summed E-state index contributed by atoms with van der Waals surface area (Å²) in [5.74, 6) is -0.630. The van der Waals surface area contributed by atoms with Gasteiger partial charge in [-0.2, -0.15) is 0 Å². The van der Waals surface area contributed by atoms with Gasteiger partial charge < -0.3 is 9.84 Å². The largest absolute Gasteiger partial charge is 0.479 e. The van der Waals surface area contributed by atoms with Crippen molar-refractivity contribution in [1.82, 2.24) is 4.98 Å². The molecule has 0 amide bonds. The van der Waals surface area contributed by atoms with E-state index in [1.165, 1.54) is 19.2 Å². The second-order valence-corrected chi connectivity index (χ2v) is 2.80. The summed E-state index contributed by atoms with van der Waals surface area (Å²) in [6, 6.07) is 3.10. The Labute approximate surface area is 80.1 Å². The van der Waals surface area contributed by atoms with Crippen molar-refractivity contribution in [1.29, 1.82) is 0 Å². The zero-order valence-electron chi connectivity index (χ0n) is 6.90. The molecule has 4 nitrogen and oxygen atoms in total. The first kappa shape index (κ1) is 9.80. The van der Waals surface area contributed by atoms with Crippen molar-refractivity contribution in [3.8, 4) is 5.75 Å². The lowest BCUT2D eigenvalue weighted by Gasteiger charge is -2.08. The molecule has 0 aromatic carbocycles. The standard InChI is InChI=1S/C8H8ClNO3/c1-5(8(11)12)13-6-2-3-7(9)10-4-6/h2-5H,1H3,(H,11,12)/t5-/m1/s1. The number of hydrogen-bond acceptors (Lipinski definition) is 3. The van der Waals surface area contributed by atoms with E-state index in [0.717, 1.165) is 0 Å². The lowest BCUT2D eigenvalue weighted by Crippen LogP contribution is -2.22. The van der Waals surface area contributed by atoms with Gasteiger partial charge in [0.2, 0.25) is 0 Å². The molecule has 0 aliphatic heterocycles. The summed E-state index contributed by atoms with van der Waals surface area (Å²) in [5.41, 5.74) is 0. The van der Waals surface area contributed by atoms with Gasteiger partial charge in [-0.25, -0.2) is 9.78 Å². The number of carboxylic acid groups (broad SMARTS) is 1. The van der Waals surface area contributed by atoms with Crippen molar-refractivity contribution in [3.63, 3.8) is 0 Å². The monoisotopic (exact) mass is 201 g/mol. The third kappa shape index (κ3) is 2.91. The summed E-state index contributed by atoms with van der Waals surface area (Å²) in [4.78, 5) is 14.1. The normalized spacial score (nSPS) is 12.2. The number of carboxylic acids is 1. The van der Waals surface area contributed by atoms with Gasteiger partial charge in [-0.1, -0.05) is 11.6 Å². The fourth-order valence-electron chi connectivity index (χ4n) is 0.686. The SMILES string of the molecule is C[C@@H](Oc1ccc(Cl)nc1)C(=O)O. The molecule has 5 heteroatoms. The zero-order valence-corrected chi connectivity index (χ0v) is 7.65. The van der Waals surface area contributed by atoms with Crippen LogP contribution in [-0.4, -0.2) is 22.2 Å². The maximum absolute atomic E-state index is 10.4. The average molecular weight is 202 g/mol. The first-order valence-corrected chi connectivity index (χ1v) is 3.98. The summed E-state index contributed by atoms with van der Waals surface area (Å²) in [6.45, 7) is 1.44. The molecular formula is C8H8ClNO3. The van der Waals surface area contributed by atoms with Gasteiger partial charge in [0.1, 0.15) is 10.9 Å². The van der Waals surface area contributed by atoms with Gasteiger partial charge in [-0.3, -0.25) is 0 Å². The molecule has 0 saturated carbocycles. The number of pyridine rings is 1. The summed E-state index contributed by atoms with van der Waals surface area (Å²) in [5, 5.41) is 8.87. The number of rotatable bonds is 3. The second-order valence-electron chi connectivity index (χ2n) is 2.41. The Bertz CT molecular complexity index is 299. The molecule has 70 valence electrons. The van der Waals surface area contributed by atoms with E-state index in [4.69, 9.17) is 21.4 Å². The van der Waals surface area contributed by atoms with Crippen molar-refractivity contribution in [3.05, 3.63) is 23.5 Å². The number of nitrogens with zero attached hydrogens (tertiary/aromatic N) is 1.